The molecular weight excluding hydrogens is 321 g/mol. The summed E-state index contributed by atoms with van der Waals surface area (Å²) in [6, 6.07) is 11.2. The van der Waals surface area contributed by atoms with Crippen molar-refractivity contribution >= 4 is 17.3 Å². The van der Waals surface area contributed by atoms with Gasteiger partial charge in [-0.05, 0) is 49.5 Å². The van der Waals surface area contributed by atoms with E-state index < -0.39 is 0 Å². The van der Waals surface area contributed by atoms with Crippen LogP contribution in [0.15, 0.2) is 42.5 Å². The smallest absolute Gasteiger partial charge is 0.255 e. The third kappa shape index (κ3) is 4.09. The molecule has 1 fully saturated rings. The number of carbonyl (C=O) groups excluding carboxylic acids is 1. The summed E-state index contributed by atoms with van der Waals surface area (Å²) in [5, 5.41) is 2.86. The van der Waals surface area contributed by atoms with Crippen LogP contribution in [0.4, 0.5) is 15.8 Å². The number of carbonyl (C=O) groups is 1. The summed E-state index contributed by atoms with van der Waals surface area (Å²) in [6.45, 7) is 3.88. The van der Waals surface area contributed by atoms with Gasteiger partial charge in [-0.1, -0.05) is 0 Å². The third-order valence-electron chi connectivity index (χ3n) is 4.41. The number of piperazine rings is 1. The minimum atomic E-state index is -0.369. The summed E-state index contributed by atoms with van der Waals surface area (Å²) in [6.07, 6.45) is 0. The largest absolute Gasteiger partial charge is 0.495 e. The van der Waals surface area contributed by atoms with E-state index in [4.69, 9.17) is 4.74 Å². The minimum absolute atomic E-state index is 0.297. The Morgan fingerprint density at radius 1 is 1.08 bits per heavy atom. The van der Waals surface area contributed by atoms with Crippen LogP contribution < -0.4 is 15.0 Å². The fourth-order valence-corrected chi connectivity index (χ4v) is 2.85. The number of hydrogen-bond donors (Lipinski definition) is 1. The first-order valence-electron chi connectivity index (χ1n) is 8.25. The fraction of sp³-hybridized carbons (Fsp3) is 0.316. The number of rotatable bonds is 4. The highest BCUT2D eigenvalue weighted by Gasteiger charge is 2.17. The van der Waals surface area contributed by atoms with E-state index >= 15 is 0 Å². The molecule has 2 aromatic rings. The van der Waals surface area contributed by atoms with Gasteiger partial charge >= 0.3 is 0 Å². The second-order valence-electron chi connectivity index (χ2n) is 6.14. The molecule has 0 atom stereocenters. The Balaban J connectivity index is 1.80. The number of methoxy groups -OCH3 is 1. The normalized spacial score (nSPS) is 15.1. The van der Waals surface area contributed by atoms with Gasteiger partial charge in [-0.15, -0.1) is 0 Å². The SMILES string of the molecule is COc1ccc(N2CCN(C)CC2)cc1NC(=O)c1ccc(F)cc1. The van der Waals surface area contributed by atoms with Crippen LogP contribution in [0.2, 0.25) is 0 Å². The molecule has 1 aliphatic heterocycles. The maximum absolute atomic E-state index is 13.0. The van der Waals surface area contributed by atoms with E-state index in [1.807, 2.05) is 18.2 Å². The molecular formula is C19H22FN3O2. The minimum Gasteiger partial charge on any atom is -0.495 e. The number of likely N-dealkylation sites (N-methyl/N-ethyl adjacent to an activating group) is 1. The summed E-state index contributed by atoms with van der Waals surface area (Å²) in [5.74, 6) is -0.0756. The van der Waals surface area contributed by atoms with Crippen molar-refractivity contribution < 1.29 is 13.9 Å². The summed E-state index contributed by atoms with van der Waals surface area (Å²) >= 11 is 0. The summed E-state index contributed by atoms with van der Waals surface area (Å²) in [7, 11) is 3.68. The average Bonchev–Trinajstić information content (AvgIpc) is 2.63. The lowest BCUT2D eigenvalue weighted by Crippen LogP contribution is -2.44. The molecule has 0 aromatic heterocycles. The van der Waals surface area contributed by atoms with Gasteiger partial charge in [0.15, 0.2) is 0 Å². The van der Waals surface area contributed by atoms with Gasteiger partial charge in [0.05, 0.1) is 12.8 Å². The number of halogens is 1. The number of hydrogen-bond acceptors (Lipinski definition) is 4. The molecule has 1 aliphatic rings. The topological polar surface area (TPSA) is 44.8 Å². The third-order valence-corrected chi connectivity index (χ3v) is 4.41. The molecule has 25 heavy (non-hydrogen) atoms. The first kappa shape index (κ1) is 17.2. The number of amides is 1. The van der Waals surface area contributed by atoms with Crippen molar-refractivity contribution in [1.29, 1.82) is 0 Å². The summed E-state index contributed by atoms with van der Waals surface area (Å²) in [5.41, 5.74) is 2.05. The first-order valence-corrected chi connectivity index (χ1v) is 8.25. The van der Waals surface area contributed by atoms with Crippen LogP contribution in [0.5, 0.6) is 5.75 Å². The van der Waals surface area contributed by atoms with Crippen molar-refractivity contribution in [3.8, 4) is 5.75 Å². The molecule has 0 aliphatic carbocycles. The molecule has 3 rings (SSSR count). The van der Waals surface area contributed by atoms with Gasteiger partial charge < -0.3 is 19.9 Å². The number of anilines is 2. The lowest BCUT2D eigenvalue weighted by Gasteiger charge is -2.34. The van der Waals surface area contributed by atoms with E-state index in [0.29, 0.717) is 17.0 Å². The maximum atomic E-state index is 13.0. The van der Waals surface area contributed by atoms with Gasteiger partial charge in [-0.25, -0.2) is 4.39 Å². The average molecular weight is 343 g/mol. The van der Waals surface area contributed by atoms with Gasteiger partial charge in [0, 0.05) is 37.4 Å². The molecule has 6 heteroatoms. The van der Waals surface area contributed by atoms with E-state index in [9.17, 15) is 9.18 Å². The Kier molecular flexibility index (Phi) is 5.19. The second kappa shape index (κ2) is 7.53. The van der Waals surface area contributed by atoms with Crippen molar-refractivity contribution in [2.24, 2.45) is 0 Å². The predicted octanol–water partition coefficient (Wildman–Crippen LogP) is 2.84. The van der Waals surface area contributed by atoms with E-state index in [1.54, 1.807) is 7.11 Å². The van der Waals surface area contributed by atoms with Crippen LogP contribution in [0.25, 0.3) is 0 Å². The van der Waals surface area contributed by atoms with Crippen molar-refractivity contribution in [2.75, 3.05) is 50.6 Å². The lowest BCUT2D eigenvalue weighted by atomic mass is 10.2. The molecule has 1 saturated heterocycles. The van der Waals surface area contributed by atoms with Gasteiger partial charge in [0.2, 0.25) is 0 Å². The molecule has 132 valence electrons. The van der Waals surface area contributed by atoms with E-state index in [-0.39, 0.29) is 11.7 Å². The molecule has 2 aromatic carbocycles. The summed E-state index contributed by atoms with van der Waals surface area (Å²) < 4.78 is 18.4. The molecule has 1 amide bonds. The molecule has 1 N–H and O–H groups in total. The lowest BCUT2D eigenvalue weighted by molar-refractivity contribution is 0.102. The zero-order chi connectivity index (χ0) is 17.8. The van der Waals surface area contributed by atoms with Crippen LogP contribution in [-0.2, 0) is 0 Å². The van der Waals surface area contributed by atoms with Crippen LogP contribution in [0.1, 0.15) is 10.4 Å². The Morgan fingerprint density at radius 3 is 2.40 bits per heavy atom. The van der Waals surface area contributed by atoms with E-state index in [2.05, 4.69) is 22.2 Å². The quantitative estimate of drug-likeness (QED) is 0.927. The number of nitrogens with zero attached hydrogens (tertiary/aromatic N) is 2. The number of nitrogens with one attached hydrogen (secondary N) is 1. The Bertz CT molecular complexity index is 741. The molecule has 0 radical (unpaired) electrons. The van der Waals surface area contributed by atoms with Gasteiger partial charge in [-0.3, -0.25) is 4.79 Å². The Morgan fingerprint density at radius 2 is 1.76 bits per heavy atom. The Hall–Kier alpha value is -2.60. The van der Waals surface area contributed by atoms with Crippen LogP contribution in [0, 0.1) is 5.82 Å². The molecule has 0 spiro atoms. The molecule has 5 nitrogen and oxygen atoms in total. The molecule has 0 unspecified atom stereocenters. The Labute approximate surface area is 147 Å². The molecule has 0 bridgehead atoms. The first-order chi connectivity index (χ1) is 12.1. The van der Waals surface area contributed by atoms with Gasteiger partial charge in [0.1, 0.15) is 11.6 Å². The van der Waals surface area contributed by atoms with Crippen LogP contribution >= 0.6 is 0 Å². The predicted molar refractivity (Wildman–Crippen MR) is 97.1 cm³/mol. The standard InChI is InChI=1S/C19H22FN3O2/c1-22-9-11-23(12-10-22)16-7-8-18(25-2)17(13-16)21-19(24)14-3-5-15(20)6-4-14/h3-8,13H,9-12H2,1-2H3,(H,21,24). The van der Waals surface area contributed by atoms with Crippen molar-refractivity contribution in [1.82, 2.24) is 4.90 Å². The monoisotopic (exact) mass is 343 g/mol. The highest BCUT2D eigenvalue weighted by molar-refractivity contribution is 6.05. The van der Waals surface area contributed by atoms with Crippen molar-refractivity contribution in [2.45, 2.75) is 0 Å². The maximum Gasteiger partial charge on any atom is 0.255 e. The summed E-state index contributed by atoms with van der Waals surface area (Å²) in [4.78, 5) is 17.0. The fourth-order valence-electron chi connectivity index (χ4n) is 2.85. The zero-order valence-electron chi connectivity index (χ0n) is 14.5. The second-order valence-corrected chi connectivity index (χ2v) is 6.14. The number of ether oxygens (including phenoxy) is 1. The number of benzene rings is 2. The van der Waals surface area contributed by atoms with Gasteiger partial charge in [-0.2, -0.15) is 0 Å². The molecule has 0 saturated carbocycles. The van der Waals surface area contributed by atoms with Gasteiger partial charge in [0.25, 0.3) is 5.91 Å². The van der Waals surface area contributed by atoms with E-state index in [0.717, 1.165) is 31.9 Å². The highest BCUT2D eigenvalue weighted by atomic mass is 19.1. The zero-order valence-corrected chi connectivity index (χ0v) is 14.5. The van der Waals surface area contributed by atoms with Crippen LogP contribution in [0.3, 0.4) is 0 Å². The molecule has 1 heterocycles. The van der Waals surface area contributed by atoms with Crippen molar-refractivity contribution in [3.63, 3.8) is 0 Å². The van der Waals surface area contributed by atoms with E-state index in [1.165, 1.54) is 24.3 Å². The highest BCUT2D eigenvalue weighted by Crippen LogP contribution is 2.30. The van der Waals surface area contributed by atoms with Crippen LogP contribution in [-0.4, -0.2) is 51.1 Å². The van der Waals surface area contributed by atoms with Crippen molar-refractivity contribution in [3.05, 3.63) is 53.8 Å².